The van der Waals surface area contributed by atoms with Crippen molar-refractivity contribution in [2.45, 2.75) is 46.1 Å². The highest BCUT2D eigenvalue weighted by Crippen LogP contribution is 2.35. The SMILES string of the molecule is CCCCCc1c(-c2ccc(C(=O)OC)cc2)c(C(N)=O)c(C)n1Cc1cccc(Cl)c1. The molecule has 3 rings (SSSR count). The molecule has 0 saturated heterocycles. The first-order valence-corrected chi connectivity index (χ1v) is 11.2. The molecule has 0 bridgehead atoms. The number of hydrogen-bond donors (Lipinski definition) is 1. The van der Waals surface area contributed by atoms with Gasteiger partial charge in [0, 0.05) is 28.5 Å². The van der Waals surface area contributed by atoms with E-state index in [2.05, 4.69) is 11.5 Å². The molecule has 168 valence electrons. The molecule has 0 unspecified atom stereocenters. The number of primary amides is 1. The van der Waals surface area contributed by atoms with Gasteiger partial charge in [-0.15, -0.1) is 0 Å². The van der Waals surface area contributed by atoms with Gasteiger partial charge in [-0.05, 0) is 55.2 Å². The van der Waals surface area contributed by atoms with E-state index in [4.69, 9.17) is 22.1 Å². The van der Waals surface area contributed by atoms with Crippen LogP contribution >= 0.6 is 11.6 Å². The molecular formula is C26H29ClN2O3. The zero-order valence-corrected chi connectivity index (χ0v) is 19.5. The molecule has 1 amide bonds. The molecule has 3 aromatic rings. The average molecular weight is 453 g/mol. The predicted octanol–water partition coefficient (Wildman–Crippen LogP) is 5.78. The first-order chi connectivity index (χ1) is 15.4. The molecule has 0 aliphatic heterocycles. The number of nitrogens with zero attached hydrogens (tertiary/aromatic N) is 1. The monoisotopic (exact) mass is 452 g/mol. The van der Waals surface area contributed by atoms with E-state index in [1.807, 2.05) is 43.3 Å². The van der Waals surface area contributed by atoms with E-state index in [9.17, 15) is 9.59 Å². The number of esters is 1. The lowest BCUT2D eigenvalue weighted by Crippen LogP contribution is -2.13. The Morgan fingerprint density at radius 1 is 1.09 bits per heavy atom. The molecule has 1 aromatic heterocycles. The van der Waals surface area contributed by atoms with Crippen LogP contribution in [0, 0.1) is 6.92 Å². The Morgan fingerprint density at radius 2 is 1.81 bits per heavy atom. The van der Waals surface area contributed by atoms with Crippen LogP contribution in [0.15, 0.2) is 48.5 Å². The van der Waals surface area contributed by atoms with Crippen molar-refractivity contribution in [3.05, 3.63) is 81.6 Å². The van der Waals surface area contributed by atoms with E-state index in [0.717, 1.165) is 53.8 Å². The lowest BCUT2D eigenvalue weighted by atomic mass is 9.96. The summed E-state index contributed by atoms with van der Waals surface area (Å²) in [5.74, 6) is -0.860. The zero-order valence-electron chi connectivity index (χ0n) is 18.8. The highest BCUT2D eigenvalue weighted by Gasteiger charge is 2.25. The Bertz CT molecular complexity index is 1120. The summed E-state index contributed by atoms with van der Waals surface area (Å²) in [7, 11) is 1.35. The number of aromatic nitrogens is 1. The molecule has 5 nitrogen and oxygen atoms in total. The van der Waals surface area contributed by atoms with Crippen molar-refractivity contribution in [1.82, 2.24) is 4.57 Å². The maximum Gasteiger partial charge on any atom is 0.337 e. The van der Waals surface area contributed by atoms with Crippen molar-refractivity contribution in [2.75, 3.05) is 7.11 Å². The van der Waals surface area contributed by atoms with Crippen molar-refractivity contribution >= 4 is 23.5 Å². The van der Waals surface area contributed by atoms with Gasteiger partial charge < -0.3 is 15.0 Å². The van der Waals surface area contributed by atoms with Gasteiger partial charge in [0.05, 0.1) is 18.2 Å². The quantitative estimate of drug-likeness (QED) is 0.330. The fourth-order valence-corrected chi connectivity index (χ4v) is 4.35. The van der Waals surface area contributed by atoms with Crippen LogP contribution in [0.25, 0.3) is 11.1 Å². The number of ether oxygens (including phenoxy) is 1. The summed E-state index contributed by atoms with van der Waals surface area (Å²) in [5, 5.41) is 0.675. The van der Waals surface area contributed by atoms with Gasteiger partial charge in [-0.1, -0.05) is 55.6 Å². The van der Waals surface area contributed by atoms with E-state index >= 15 is 0 Å². The van der Waals surface area contributed by atoms with Crippen molar-refractivity contribution < 1.29 is 14.3 Å². The minimum atomic E-state index is -0.462. The molecule has 0 aliphatic rings. The number of benzene rings is 2. The number of nitrogens with two attached hydrogens (primary N) is 1. The van der Waals surface area contributed by atoms with E-state index in [-0.39, 0.29) is 0 Å². The predicted molar refractivity (Wildman–Crippen MR) is 128 cm³/mol. The number of carbonyl (C=O) groups excluding carboxylic acids is 2. The third kappa shape index (κ3) is 5.05. The van der Waals surface area contributed by atoms with Gasteiger partial charge in [0.25, 0.3) is 5.91 Å². The van der Waals surface area contributed by atoms with Crippen LogP contribution in [0.5, 0.6) is 0 Å². The summed E-state index contributed by atoms with van der Waals surface area (Å²) in [5.41, 5.74) is 11.5. The summed E-state index contributed by atoms with van der Waals surface area (Å²) in [6.07, 6.45) is 4.01. The normalized spacial score (nSPS) is 10.9. The van der Waals surface area contributed by atoms with Crippen LogP contribution in [0.2, 0.25) is 5.02 Å². The maximum atomic E-state index is 12.6. The van der Waals surface area contributed by atoms with Crippen molar-refractivity contribution in [2.24, 2.45) is 5.73 Å². The molecule has 2 N–H and O–H groups in total. The van der Waals surface area contributed by atoms with Gasteiger partial charge in [-0.2, -0.15) is 0 Å². The van der Waals surface area contributed by atoms with Crippen LogP contribution in [0.4, 0.5) is 0 Å². The molecule has 2 aromatic carbocycles. The van der Waals surface area contributed by atoms with Crippen LogP contribution in [-0.4, -0.2) is 23.6 Å². The van der Waals surface area contributed by atoms with Crippen LogP contribution in [-0.2, 0) is 17.7 Å². The lowest BCUT2D eigenvalue weighted by Gasteiger charge is -2.14. The van der Waals surface area contributed by atoms with Crippen molar-refractivity contribution in [1.29, 1.82) is 0 Å². The standard InChI is InChI=1S/C26H29ClN2O3/c1-4-5-6-10-22-24(19-11-13-20(14-12-19)26(31)32-3)23(25(28)30)17(2)29(22)16-18-8-7-9-21(27)15-18/h7-9,11-15H,4-6,10,16H2,1-3H3,(H2,28,30). The molecule has 1 heterocycles. The van der Waals surface area contributed by atoms with Gasteiger partial charge in [0.15, 0.2) is 0 Å². The maximum absolute atomic E-state index is 12.6. The Hall–Kier alpha value is -3.05. The number of amides is 1. The largest absolute Gasteiger partial charge is 0.465 e. The summed E-state index contributed by atoms with van der Waals surface area (Å²) >= 11 is 6.21. The summed E-state index contributed by atoms with van der Waals surface area (Å²) in [4.78, 5) is 24.4. The van der Waals surface area contributed by atoms with E-state index in [0.29, 0.717) is 22.7 Å². The van der Waals surface area contributed by atoms with E-state index in [1.165, 1.54) is 7.11 Å². The number of carbonyl (C=O) groups is 2. The van der Waals surface area contributed by atoms with Gasteiger partial charge in [0.1, 0.15) is 0 Å². The Labute approximate surface area is 194 Å². The second-order valence-corrected chi connectivity index (χ2v) is 8.32. The van der Waals surface area contributed by atoms with Crippen LogP contribution in [0.1, 0.15) is 63.9 Å². The van der Waals surface area contributed by atoms with Crippen LogP contribution < -0.4 is 5.73 Å². The van der Waals surface area contributed by atoms with Gasteiger partial charge >= 0.3 is 5.97 Å². The number of rotatable bonds is 9. The molecule has 0 radical (unpaired) electrons. The molecule has 0 aliphatic carbocycles. The lowest BCUT2D eigenvalue weighted by molar-refractivity contribution is 0.0600. The molecule has 0 spiro atoms. The van der Waals surface area contributed by atoms with Crippen molar-refractivity contribution in [3.63, 3.8) is 0 Å². The first kappa shape index (κ1) is 23.6. The third-order valence-corrected chi connectivity index (χ3v) is 5.95. The highest BCUT2D eigenvalue weighted by molar-refractivity contribution is 6.30. The minimum absolute atomic E-state index is 0.399. The Morgan fingerprint density at radius 3 is 2.41 bits per heavy atom. The van der Waals surface area contributed by atoms with Crippen LogP contribution in [0.3, 0.4) is 0 Å². The van der Waals surface area contributed by atoms with Gasteiger partial charge in [-0.25, -0.2) is 4.79 Å². The van der Waals surface area contributed by atoms with Gasteiger partial charge in [0.2, 0.25) is 0 Å². The smallest absolute Gasteiger partial charge is 0.337 e. The fraction of sp³-hybridized carbons (Fsp3) is 0.308. The average Bonchev–Trinajstić information content (AvgIpc) is 3.05. The summed E-state index contributed by atoms with van der Waals surface area (Å²) < 4.78 is 6.98. The molecule has 0 fully saturated rings. The number of unbranched alkanes of at least 4 members (excludes halogenated alkanes) is 2. The first-order valence-electron chi connectivity index (χ1n) is 10.8. The zero-order chi connectivity index (χ0) is 23.3. The molecule has 6 heteroatoms. The molecule has 32 heavy (non-hydrogen) atoms. The Balaban J connectivity index is 2.17. The summed E-state index contributed by atoms with van der Waals surface area (Å²) in [6, 6.07) is 14.9. The topological polar surface area (TPSA) is 74.3 Å². The molecule has 0 saturated carbocycles. The van der Waals surface area contributed by atoms with Crippen molar-refractivity contribution in [3.8, 4) is 11.1 Å². The second kappa shape index (κ2) is 10.5. The molecule has 0 atom stereocenters. The van der Waals surface area contributed by atoms with Gasteiger partial charge in [-0.3, -0.25) is 4.79 Å². The highest BCUT2D eigenvalue weighted by atomic mass is 35.5. The Kier molecular flexibility index (Phi) is 7.75. The van der Waals surface area contributed by atoms with E-state index in [1.54, 1.807) is 12.1 Å². The fourth-order valence-electron chi connectivity index (χ4n) is 4.14. The number of methoxy groups -OCH3 is 1. The third-order valence-electron chi connectivity index (χ3n) is 5.72. The molecular weight excluding hydrogens is 424 g/mol. The minimum Gasteiger partial charge on any atom is -0.465 e. The number of halogens is 1. The van der Waals surface area contributed by atoms with E-state index < -0.39 is 11.9 Å². The number of hydrogen-bond acceptors (Lipinski definition) is 3. The summed E-state index contributed by atoms with van der Waals surface area (Å²) in [6.45, 7) is 4.69. The second-order valence-electron chi connectivity index (χ2n) is 7.89.